The number of primary amides is 1. The molecule has 3 amide bonds. The highest BCUT2D eigenvalue weighted by atomic mass is 16.2. The molecule has 3 rings (SSSR count). The van der Waals surface area contributed by atoms with Crippen molar-refractivity contribution in [3.05, 3.63) is 47.9 Å². The number of nitrogens with one attached hydrogen (secondary N) is 1. The van der Waals surface area contributed by atoms with E-state index in [1.54, 1.807) is 12.3 Å². The van der Waals surface area contributed by atoms with Crippen molar-refractivity contribution >= 4 is 29.2 Å². The molecule has 0 unspecified atom stereocenters. The SMILES string of the molecule is NC(=O)c1cncc(NC(=O)C(=O)N2CCCC[C@H]2c2ccc(N)nc2)c1. The fourth-order valence-corrected chi connectivity index (χ4v) is 3.09. The maximum atomic E-state index is 12.7. The molecule has 0 radical (unpaired) electrons. The molecule has 1 aliphatic rings. The Morgan fingerprint density at radius 2 is 1.96 bits per heavy atom. The first-order valence-corrected chi connectivity index (χ1v) is 8.54. The second-order valence-corrected chi connectivity index (χ2v) is 6.31. The highest BCUT2D eigenvalue weighted by molar-refractivity contribution is 6.39. The van der Waals surface area contributed by atoms with Gasteiger partial charge in [-0.25, -0.2) is 4.98 Å². The van der Waals surface area contributed by atoms with Crippen LogP contribution in [0.2, 0.25) is 0 Å². The molecule has 9 nitrogen and oxygen atoms in total. The van der Waals surface area contributed by atoms with E-state index in [0.717, 1.165) is 24.8 Å². The number of pyridine rings is 2. The molecule has 0 aromatic carbocycles. The Hall–Kier alpha value is -3.49. The van der Waals surface area contributed by atoms with Crippen LogP contribution in [0.25, 0.3) is 0 Å². The number of carbonyl (C=O) groups is 3. The number of nitrogens with zero attached hydrogens (tertiary/aromatic N) is 3. The number of piperidine rings is 1. The first kappa shape index (κ1) is 18.3. The average molecular weight is 368 g/mol. The lowest BCUT2D eigenvalue weighted by Gasteiger charge is -2.35. The standard InChI is InChI=1S/C18H20N6O3/c19-15-5-4-11(9-22-15)14-3-1-2-6-24(14)18(27)17(26)23-13-7-12(16(20)25)8-21-10-13/h4-5,7-10,14H,1-3,6H2,(H2,19,22)(H2,20,25)(H,23,26)/t14-/m0/s1. The highest BCUT2D eigenvalue weighted by Crippen LogP contribution is 2.31. The summed E-state index contributed by atoms with van der Waals surface area (Å²) in [6, 6.07) is 4.63. The maximum absolute atomic E-state index is 12.7. The van der Waals surface area contributed by atoms with E-state index in [2.05, 4.69) is 15.3 Å². The van der Waals surface area contributed by atoms with Crippen molar-refractivity contribution in [3.63, 3.8) is 0 Å². The summed E-state index contributed by atoms with van der Waals surface area (Å²) in [6.45, 7) is 0.473. The van der Waals surface area contributed by atoms with E-state index in [1.807, 2.05) is 6.07 Å². The van der Waals surface area contributed by atoms with Crippen LogP contribution in [0.15, 0.2) is 36.8 Å². The summed E-state index contributed by atoms with van der Waals surface area (Å²) in [4.78, 5) is 45.8. The minimum absolute atomic E-state index is 0.143. The van der Waals surface area contributed by atoms with Crippen LogP contribution in [-0.4, -0.2) is 39.1 Å². The summed E-state index contributed by atoms with van der Waals surface area (Å²) in [7, 11) is 0. The molecule has 5 N–H and O–H groups in total. The van der Waals surface area contributed by atoms with Crippen molar-refractivity contribution < 1.29 is 14.4 Å². The predicted molar refractivity (Wildman–Crippen MR) is 98.3 cm³/mol. The Morgan fingerprint density at radius 3 is 2.67 bits per heavy atom. The molecule has 0 saturated carbocycles. The Bertz CT molecular complexity index is 868. The summed E-state index contributed by atoms with van der Waals surface area (Å²) in [6.07, 6.45) is 6.76. The average Bonchev–Trinajstić information content (AvgIpc) is 2.68. The van der Waals surface area contributed by atoms with Crippen molar-refractivity contribution in [2.75, 3.05) is 17.6 Å². The van der Waals surface area contributed by atoms with Crippen molar-refractivity contribution in [3.8, 4) is 0 Å². The molecule has 1 aliphatic heterocycles. The smallest absolute Gasteiger partial charge is 0.313 e. The van der Waals surface area contributed by atoms with Gasteiger partial charge in [0, 0.05) is 18.9 Å². The van der Waals surface area contributed by atoms with E-state index < -0.39 is 17.7 Å². The predicted octanol–water partition coefficient (Wildman–Crippen LogP) is 0.850. The van der Waals surface area contributed by atoms with Gasteiger partial charge in [-0.1, -0.05) is 6.07 Å². The van der Waals surface area contributed by atoms with Crippen LogP contribution in [0.4, 0.5) is 11.5 Å². The van der Waals surface area contributed by atoms with Crippen LogP contribution in [0, 0.1) is 0 Å². The van der Waals surface area contributed by atoms with Crippen LogP contribution in [0.1, 0.15) is 41.2 Å². The molecule has 9 heteroatoms. The Labute approximate surface area is 155 Å². The molecule has 0 spiro atoms. The van der Waals surface area contributed by atoms with Gasteiger partial charge in [-0.05, 0) is 37.0 Å². The van der Waals surface area contributed by atoms with Crippen LogP contribution >= 0.6 is 0 Å². The number of amides is 3. The zero-order valence-corrected chi connectivity index (χ0v) is 14.6. The van der Waals surface area contributed by atoms with Gasteiger partial charge in [-0.2, -0.15) is 0 Å². The number of anilines is 2. The van der Waals surface area contributed by atoms with E-state index in [0.29, 0.717) is 12.4 Å². The van der Waals surface area contributed by atoms with Crippen molar-refractivity contribution in [2.45, 2.75) is 25.3 Å². The number of nitrogens with two attached hydrogens (primary N) is 2. The minimum atomic E-state index is -0.797. The normalized spacial score (nSPS) is 16.6. The zero-order chi connectivity index (χ0) is 19.4. The van der Waals surface area contributed by atoms with Gasteiger partial charge in [0.25, 0.3) is 0 Å². The van der Waals surface area contributed by atoms with Crippen molar-refractivity contribution in [1.29, 1.82) is 0 Å². The fraction of sp³-hybridized carbons (Fsp3) is 0.278. The molecule has 2 aromatic heterocycles. The third-order valence-electron chi connectivity index (χ3n) is 4.43. The number of carbonyl (C=O) groups excluding carboxylic acids is 3. The number of likely N-dealkylation sites (tertiary alicyclic amines) is 1. The summed E-state index contributed by atoms with van der Waals surface area (Å²) in [5.41, 5.74) is 12.0. The molecule has 1 atom stereocenters. The minimum Gasteiger partial charge on any atom is -0.384 e. The second kappa shape index (κ2) is 7.81. The molecule has 0 aliphatic carbocycles. The monoisotopic (exact) mass is 368 g/mol. The Balaban J connectivity index is 1.76. The van der Waals surface area contributed by atoms with Gasteiger partial charge < -0.3 is 21.7 Å². The van der Waals surface area contributed by atoms with Gasteiger partial charge in [-0.3, -0.25) is 19.4 Å². The Kier molecular flexibility index (Phi) is 5.30. The molecule has 0 bridgehead atoms. The number of rotatable bonds is 3. The molecule has 1 saturated heterocycles. The van der Waals surface area contributed by atoms with Crippen LogP contribution in [-0.2, 0) is 9.59 Å². The number of aromatic nitrogens is 2. The number of nitrogen functional groups attached to an aromatic ring is 1. The fourth-order valence-electron chi connectivity index (χ4n) is 3.09. The van der Waals surface area contributed by atoms with Gasteiger partial charge in [0.1, 0.15) is 5.82 Å². The lowest BCUT2D eigenvalue weighted by Crippen LogP contribution is -2.44. The summed E-state index contributed by atoms with van der Waals surface area (Å²) >= 11 is 0. The van der Waals surface area contributed by atoms with E-state index in [9.17, 15) is 14.4 Å². The molecule has 27 heavy (non-hydrogen) atoms. The van der Waals surface area contributed by atoms with Crippen molar-refractivity contribution in [2.24, 2.45) is 5.73 Å². The second-order valence-electron chi connectivity index (χ2n) is 6.31. The lowest BCUT2D eigenvalue weighted by atomic mass is 9.96. The van der Waals surface area contributed by atoms with E-state index in [-0.39, 0.29) is 17.3 Å². The molecule has 140 valence electrons. The molecule has 1 fully saturated rings. The van der Waals surface area contributed by atoms with Gasteiger partial charge in [0.05, 0.1) is 23.5 Å². The topological polar surface area (TPSA) is 144 Å². The van der Waals surface area contributed by atoms with Gasteiger partial charge in [0.15, 0.2) is 0 Å². The lowest BCUT2D eigenvalue weighted by molar-refractivity contribution is -0.145. The molecule has 3 heterocycles. The van der Waals surface area contributed by atoms with Crippen LogP contribution < -0.4 is 16.8 Å². The maximum Gasteiger partial charge on any atom is 0.313 e. The Morgan fingerprint density at radius 1 is 1.15 bits per heavy atom. The molecule has 2 aromatic rings. The first-order valence-electron chi connectivity index (χ1n) is 8.54. The highest BCUT2D eigenvalue weighted by Gasteiger charge is 2.32. The van der Waals surface area contributed by atoms with Crippen molar-refractivity contribution in [1.82, 2.24) is 14.9 Å². The molecular weight excluding hydrogens is 348 g/mol. The first-order chi connectivity index (χ1) is 13.0. The summed E-state index contributed by atoms with van der Waals surface area (Å²) in [5.74, 6) is -1.72. The third kappa shape index (κ3) is 4.20. The third-order valence-corrected chi connectivity index (χ3v) is 4.43. The molecular formula is C18H20N6O3. The van der Waals surface area contributed by atoms with Gasteiger partial charge in [0.2, 0.25) is 5.91 Å². The number of hydrogen-bond donors (Lipinski definition) is 3. The van der Waals surface area contributed by atoms with E-state index in [1.165, 1.54) is 23.4 Å². The van der Waals surface area contributed by atoms with Crippen LogP contribution in [0.5, 0.6) is 0 Å². The van der Waals surface area contributed by atoms with Gasteiger partial charge >= 0.3 is 11.8 Å². The van der Waals surface area contributed by atoms with Crippen LogP contribution in [0.3, 0.4) is 0 Å². The van der Waals surface area contributed by atoms with E-state index in [4.69, 9.17) is 11.5 Å². The zero-order valence-electron chi connectivity index (χ0n) is 14.6. The van der Waals surface area contributed by atoms with Gasteiger partial charge in [-0.15, -0.1) is 0 Å². The summed E-state index contributed by atoms with van der Waals surface area (Å²) < 4.78 is 0. The number of hydrogen-bond acceptors (Lipinski definition) is 6. The largest absolute Gasteiger partial charge is 0.384 e. The quantitative estimate of drug-likeness (QED) is 0.685. The van der Waals surface area contributed by atoms with E-state index >= 15 is 0 Å². The summed E-state index contributed by atoms with van der Waals surface area (Å²) in [5, 5.41) is 2.48.